The molecule has 1 heterocycles. The van der Waals surface area contributed by atoms with E-state index in [0.29, 0.717) is 10.8 Å². The van der Waals surface area contributed by atoms with Crippen LogP contribution in [0, 0.1) is 0 Å². The van der Waals surface area contributed by atoms with Crippen LogP contribution in [0.15, 0.2) is 29.1 Å². The molecule has 0 saturated heterocycles. The normalized spacial score (nSPS) is 10.4. The number of carbonyl (C=O) groups excluding carboxylic acids is 2. The molecule has 0 radical (unpaired) electrons. The maximum absolute atomic E-state index is 11.8. The third kappa shape index (κ3) is 2.44. The van der Waals surface area contributed by atoms with Crippen LogP contribution >= 0.6 is 0 Å². The van der Waals surface area contributed by atoms with Gasteiger partial charge >= 0.3 is 5.97 Å². The molecule has 0 fully saturated rings. The molecule has 7 nitrogen and oxygen atoms in total. The van der Waals surface area contributed by atoms with E-state index >= 15 is 0 Å². The van der Waals surface area contributed by atoms with E-state index in [-0.39, 0.29) is 11.3 Å². The molecule has 1 amide bonds. The number of amides is 1. The smallest absolute Gasteiger partial charge is 0.359 e. The zero-order valence-corrected chi connectivity index (χ0v) is 10.1. The summed E-state index contributed by atoms with van der Waals surface area (Å²) in [5, 5.41) is 4.58. The van der Waals surface area contributed by atoms with Gasteiger partial charge in [0, 0.05) is 12.4 Å². The van der Waals surface area contributed by atoms with Gasteiger partial charge in [0.2, 0.25) is 0 Å². The molecule has 0 atom stereocenters. The van der Waals surface area contributed by atoms with Crippen LogP contribution in [0.3, 0.4) is 0 Å². The fourth-order valence-corrected chi connectivity index (χ4v) is 1.66. The minimum absolute atomic E-state index is 0.0287. The van der Waals surface area contributed by atoms with E-state index in [1.165, 1.54) is 7.05 Å². The molecule has 0 spiro atoms. The van der Waals surface area contributed by atoms with Crippen molar-refractivity contribution in [3.8, 4) is 0 Å². The fraction of sp³-hybridized carbons (Fsp3) is 0.167. The summed E-state index contributed by atoms with van der Waals surface area (Å²) in [6, 6.07) is 6.53. The number of aromatic nitrogens is 2. The quantitative estimate of drug-likeness (QED) is 0.755. The van der Waals surface area contributed by atoms with Gasteiger partial charge in [-0.2, -0.15) is 5.10 Å². The monoisotopic (exact) mass is 261 g/mol. The van der Waals surface area contributed by atoms with Gasteiger partial charge in [0.25, 0.3) is 11.5 Å². The highest BCUT2D eigenvalue weighted by Crippen LogP contribution is 2.13. The Hall–Kier alpha value is -2.70. The highest BCUT2D eigenvalue weighted by Gasteiger charge is 2.17. The first-order valence-corrected chi connectivity index (χ1v) is 5.42. The third-order valence-electron chi connectivity index (χ3n) is 2.50. The molecule has 2 aromatic rings. The topological polar surface area (TPSA) is 104 Å². The van der Waals surface area contributed by atoms with E-state index in [2.05, 4.69) is 5.10 Å². The number of benzene rings is 1. The first-order chi connectivity index (χ1) is 9.00. The lowest BCUT2D eigenvalue weighted by atomic mass is 10.1. The Balaban J connectivity index is 2.54. The molecule has 1 aromatic carbocycles. The largest absolute Gasteiger partial charge is 0.451 e. The number of nitrogens with zero attached hydrogens (tertiary/aromatic N) is 2. The van der Waals surface area contributed by atoms with Gasteiger partial charge in [0.1, 0.15) is 0 Å². The van der Waals surface area contributed by atoms with Gasteiger partial charge in [-0.05, 0) is 6.07 Å². The second-order valence-electron chi connectivity index (χ2n) is 3.87. The van der Waals surface area contributed by atoms with Gasteiger partial charge in [-0.1, -0.05) is 18.2 Å². The Kier molecular flexibility index (Phi) is 3.28. The molecule has 7 heteroatoms. The SMILES string of the molecule is Cn1nc(C(=O)OCC(N)=O)c2ccccc2c1=O. The number of carbonyl (C=O) groups is 2. The lowest BCUT2D eigenvalue weighted by Gasteiger charge is -2.07. The predicted octanol–water partition coefficient (Wildman–Crippen LogP) is -0.424. The van der Waals surface area contributed by atoms with Crippen molar-refractivity contribution in [1.29, 1.82) is 0 Å². The molecular weight excluding hydrogens is 250 g/mol. The second-order valence-corrected chi connectivity index (χ2v) is 3.87. The van der Waals surface area contributed by atoms with Crippen LogP contribution < -0.4 is 11.3 Å². The van der Waals surface area contributed by atoms with Gasteiger partial charge in [-0.15, -0.1) is 0 Å². The standard InChI is InChI=1S/C12H11N3O4/c1-15-11(17)8-5-3-2-4-7(8)10(14-15)12(18)19-6-9(13)16/h2-5H,6H2,1H3,(H2,13,16). The number of primary amides is 1. The van der Waals surface area contributed by atoms with Crippen molar-refractivity contribution in [3.63, 3.8) is 0 Å². The van der Waals surface area contributed by atoms with Crippen LogP contribution in [0.1, 0.15) is 10.5 Å². The Morgan fingerprint density at radius 1 is 1.32 bits per heavy atom. The minimum Gasteiger partial charge on any atom is -0.451 e. The van der Waals surface area contributed by atoms with Crippen LogP contribution in [0.5, 0.6) is 0 Å². The Morgan fingerprint density at radius 2 is 1.95 bits per heavy atom. The molecule has 2 rings (SSSR count). The van der Waals surface area contributed by atoms with E-state index in [1.54, 1.807) is 24.3 Å². The van der Waals surface area contributed by atoms with E-state index in [0.717, 1.165) is 4.68 Å². The number of fused-ring (bicyclic) bond motifs is 1. The zero-order valence-electron chi connectivity index (χ0n) is 10.1. The minimum atomic E-state index is -0.800. The van der Waals surface area contributed by atoms with E-state index in [1.807, 2.05) is 0 Å². The third-order valence-corrected chi connectivity index (χ3v) is 2.50. The zero-order chi connectivity index (χ0) is 14.0. The number of hydrogen-bond donors (Lipinski definition) is 1. The number of rotatable bonds is 3. The van der Waals surface area contributed by atoms with Crippen molar-refractivity contribution in [1.82, 2.24) is 9.78 Å². The van der Waals surface area contributed by atoms with Gasteiger partial charge < -0.3 is 10.5 Å². The molecule has 98 valence electrons. The van der Waals surface area contributed by atoms with Crippen molar-refractivity contribution < 1.29 is 14.3 Å². The summed E-state index contributed by atoms with van der Waals surface area (Å²) in [6.45, 7) is -0.530. The van der Waals surface area contributed by atoms with E-state index in [9.17, 15) is 14.4 Å². The molecule has 1 aromatic heterocycles. The summed E-state index contributed by atoms with van der Waals surface area (Å²) >= 11 is 0. The lowest BCUT2D eigenvalue weighted by molar-refractivity contribution is -0.121. The van der Waals surface area contributed by atoms with Gasteiger partial charge in [-0.3, -0.25) is 9.59 Å². The van der Waals surface area contributed by atoms with Gasteiger partial charge in [0.05, 0.1) is 5.39 Å². The average Bonchev–Trinajstić information content (AvgIpc) is 2.40. The van der Waals surface area contributed by atoms with E-state index in [4.69, 9.17) is 10.5 Å². The summed E-state index contributed by atoms with van der Waals surface area (Å²) in [7, 11) is 1.43. The van der Waals surface area contributed by atoms with Crippen LogP contribution in [0.25, 0.3) is 10.8 Å². The van der Waals surface area contributed by atoms with Gasteiger partial charge in [0.15, 0.2) is 12.3 Å². The van der Waals surface area contributed by atoms with Gasteiger partial charge in [-0.25, -0.2) is 9.48 Å². The fourth-order valence-electron chi connectivity index (χ4n) is 1.66. The van der Waals surface area contributed by atoms with Crippen LogP contribution in [-0.4, -0.2) is 28.3 Å². The van der Waals surface area contributed by atoms with Crippen molar-refractivity contribution in [3.05, 3.63) is 40.3 Å². The Morgan fingerprint density at radius 3 is 2.58 bits per heavy atom. The number of hydrogen-bond acceptors (Lipinski definition) is 5. The number of aryl methyl sites for hydroxylation is 1. The first-order valence-electron chi connectivity index (χ1n) is 5.42. The van der Waals surface area contributed by atoms with Crippen LogP contribution in [0.2, 0.25) is 0 Å². The lowest BCUT2D eigenvalue weighted by Crippen LogP contribution is -2.26. The summed E-state index contributed by atoms with van der Waals surface area (Å²) < 4.78 is 5.75. The number of esters is 1. The summed E-state index contributed by atoms with van der Waals surface area (Å²) in [4.78, 5) is 34.3. The summed E-state index contributed by atoms with van der Waals surface area (Å²) in [5.41, 5.74) is 4.55. The molecule has 0 aliphatic carbocycles. The number of nitrogens with two attached hydrogens (primary N) is 1. The molecule has 2 N–H and O–H groups in total. The molecular formula is C12H11N3O4. The Bertz CT molecular complexity index is 720. The van der Waals surface area contributed by atoms with Crippen LogP contribution in [0.4, 0.5) is 0 Å². The van der Waals surface area contributed by atoms with Crippen molar-refractivity contribution >= 4 is 22.6 Å². The van der Waals surface area contributed by atoms with Crippen molar-refractivity contribution in [2.75, 3.05) is 6.61 Å². The molecule has 0 aliphatic rings. The predicted molar refractivity (Wildman–Crippen MR) is 66.5 cm³/mol. The average molecular weight is 261 g/mol. The molecule has 0 saturated carbocycles. The molecule has 0 aliphatic heterocycles. The second kappa shape index (κ2) is 4.89. The molecule has 19 heavy (non-hydrogen) atoms. The highest BCUT2D eigenvalue weighted by molar-refractivity contribution is 6.02. The van der Waals surface area contributed by atoms with Crippen LogP contribution in [-0.2, 0) is 16.6 Å². The Labute approximate surface area is 107 Å². The summed E-state index contributed by atoms with van der Waals surface area (Å²) in [5.74, 6) is -1.56. The first kappa shape index (κ1) is 12.7. The molecule has 0 bridgehead atoms. The van der Waals surface area contributed by atoms with Crippen molar-refractivity contribution in [2.24, 2.45) is 12.8 Å². The van der Waals surface area contributed by atoms with Crippen molar-refractivity contribution in [2.45, 2.75) is 0 Å². The maximum atomic E-state index is 11.8. The number of ether oxygens (including phenoxy) is 1. The highest BCUT2D eigenvalue weighted by atomic mass is 16.5. The maximum Gasteiger partial charge on any atom is 0.359 e. The molecule has 0 unspecified atom stereocenters. The van der Waals surface area contributed by atoms with E-state index < -0.39 is 18.5 Å². The summed E-state index contributed by atoms with van der Waals surface area (Å²) in [6.07, 6.45) is 0.